The van der Waals surface area contributed by atoms with Gasteiger partial charge in [-0.1, -0.05) is 23.7 Å². The smallest absolute Gasteiger partial charge is 0.225 e. The molecule has 2 nitrogen and oxygen atoms in total. The van der Waals surface area contributed by atoms with Crippen molar-refractivity contribution in [2.24, 2.45) is 4.99 Å². The summed E-state index contributed by atoms with van der Waals surface area (Å²) in [4.78, 5) is 15.3. The Kier molecular flexibility index (Phi) is 1.51. The molecule has 1 aliphatic heterocycles. The summed E-state index contributed by atoms with van der Waals surface area (Å²) < 4.78 is 0. The first-order valence-electron chi connectivity index (χ1n) is 3.58. The summed E-state index contributed by atoms with van der Waals surface area (Å²) in [5.41, 5.74) is 2.25. The third kappa shape index (κ3) is 0.883. The zero-order valence-corrected chi connectivity index (χ0v) is 7.22. The average molecular weight is 180 g/mol. The minimum absolute atomic E-state index is 0.0688. The van der Waals surface area contributed by atoms with E-state index in [0.29, 0.717) is 11.3 Å². The molecule has 0 amide bonds. The van der Waals surface area contributed by atoms with Crippen LogP contribution < -0.4 is 0 Å². The van der Waals surface area contributed by atoms with E-state index in [1.807, 2.05) is 19.1 Å². The molecular weight excluding hydrogens is 174 g/mol. The number of benzene rings is 1. The van der Waals surface area contributed by atoms with Gasteiger partial charge in [0.2, 0.25) is 5.78 Å². The predicted molar refractivity (Wildman–Crippen MR) is 48.5 cm³/mol. The van der Waals surface area contributed by atoms with Gasteiger partial charge >= 0.3 is 0 Å². The first-order chi connectivity index (χ1) is 5.70. The summed E-state index contributed by atoms with van der Waals surface area (Å²) in [5.74, 6) is -0.162. The third-order valence-corrected chi connectivity index (χ3v) is 2.14. The molecule has 3 heteroatoms. The number of hydrogen-bond donors (Lipinski definition) is 0. The van der Waals surface area contributed by atoms with E-state index in [4.69, 9.17) is 11.6 Å². The van der Waals surface area contributed by atoms with Gasteiger partial charge < -0.3 is 0 Å². The molecule has 1 heterocycles. The quantitative estimate of drug-likeness (QED) is 0.602. The second-order valence-electron chi connectivity index (χ2n) is 2.70. The van der Waals surface area contributed by atoms with E-state index in [9.17, 15) is 4.79 Å². The van der Waals surface area contributed by atoms with Crippen LogP contribution in [-0.4, -0.2) is 11.0 Å². The van der Waals surface area contributed by atoms with Crippen LogP contribution in [0.5, 0.6) is 0 Å². The Labute approximate surface area is 74.9 Å². The van der Waals surface area contributed by atoms with Crippen molar-refractivity contribution >= 4 is 28.2 Å². The van der Waals surface area contributed by atoms with Crippen LogP contribution in [0.4, 0.5) is 5.69 Å². The predicted octanol–water partition coefficient (Wildman–Crippen LogP) is 2.46. The van der Waals surface area contributed by atoms with E-state index in [2.05, 4.69) is 4.99 Å². The molecular formula is C9H6ClNO. The maximum atomic E-state index is 11.4. The van der Waals surface area contributed by atoms with E-state index in [1.54, 1.807) is 6.07 Å². The van der Waals surface area contributed by atoms with E-state index in [0.717, 1.165) is 5.56 Å². The summed E-state index contributed by atoms with van der Waals surface area (Å²) in [5, 5.41) is 0.0688. The van der Waals surface area contributed by atoms with Gasteiger partial charge in [0.1, 0.15) is 0 Å². The monoisotopic (exact) mass is 179 g/mol. The fourth-order valence-corrected chi connectivity index (χ4v) is 1.49. The van der Waals surface area contributed by atoms with Crippen LogP contribution in [0.3, 0.4) is 0 Å². The van der Waals surface area contributed by atoms with E-state index in [-0.39, 0.29) is 11.0 Å². The molecule has 0 saturated carbocycles. The summed E-state index contributed by atoms with van der Waals surface area (Å²) in [6, 6.07) is 5.53. The van der Waals surface area contributed by atoms with Crippen LogP contribution >= 0.6 is 11.6 Å². The number of ketones is 1. The van der Waals surface area contributed by atoms with Crippen molar-refractivity contribution in [3.63, 3.8) is 0 Å². The Bertz CT molecular complexity index is 396. The molecule has 0 unspecified atom stereocenters. The zero-order valence-electron chi connectivity index (χ0n) is 6.47. The number of Topliss-reactive ketones (excluding diaryl/α,β-unsaturated/α-hetero) is 1. The number of carbonyl (C=O) groups is 1. The van der Waals surface area contributed by atoms with Gasteiger partial charge in [0, 0.05) is 0 Å². The molecule has 2 rings (SSSR count). The standard InChI is InChI=1S/C9H6ClNO/c1-5-3-2-4-6-7(5)8(12)9(10)11-6/h2-4H,1H3. The number of carbonyl (C=O) groups excluding carboxylic acids is 1. The molecule has 1 aromatic carbocycles. The van der Waals surface area contributed by atoms with Gasteiger partial charge in [-0.2, -0.15) is 0 Å². The molecule has 0 N–H and O–H groups in total. The van der Waals surface area contributed by atoms with Gasteiger partial charge in [0.05, 0.1) is 11.3 Å². The van der Waals surface area contributed by atoms with Crippen LogP contribution in [0, 0.1) is 6.92 Å². The molecule has 0 bridgehead atoms. The molecule has 0 radical (unpaired) electrons. The van der Waals surface area contributed by atoms with Gasteiger partial charge in [0.25, 0.3) is 0 Å². The highest BCUT2D eigenvalue weighted by molar-refractivity contribution is 6.86. The Morgan fingerprint density at radius 3 is 2.83 bits per heavy atom. The summed E-state index contributed by atoms with van der Waals surface area (Å²) >= 11 is 5.60. The number of aryl methyl sites for hydroxylation is 1. The Balaban J connectivity index is 2.72. The van der Waals surface area contributed by atoms with Crippen molar-refractivity contribution in [1.82, 2.24) is 0 Å². The lowest BCUT2D eigenvalue weighted by atomic mass is 10.1. The number of aliphatic imine (C=N–C) groups is 1. The van der Waals surface area contributed by atoms with Crippen molar-refractivity contribution in [3.05, 3.63) is 29.3 Å². The third-order valence-electron chi connectivity index (χ3n) is 1.88. The van der Waals surface area contributed by atoms with Crippen molar-refractivity contribution in [3.8, 4) is 0 Å². The van der Waals surface area contributed by atoms with Gasteiger partial charge in [0.15, 0.2) is 5.17 Å². The van der Waals surface area contributed by atoms with Gasteiger partial charge in [-0.25, -0.2) is 4.99 Å². The van der Waals surface area contributed by atoms with Crippen molar-refractivity contribution < 1.29 is 4.79 Å². The molecule has 0 aromatic heterocycles. The second-order valence-corrected chi connectivity index (χ2v) is 3.06. The summed E-state index contributed by atoms with van der Waals surface area (Å²) in [7, 11) is 0. The number of rotatable bonds is 0. The van der Waals surface area contributed by atoms with Crippen LogP contribution in [0.25, 0.3) is 0 Å². The molecule has 0 saturated heterocycles. The minimum atomic E-state index is -0.162. The normalized spacial score (nSPS) is 14.5. The summed E-state index contributed by atoms with van der Waals surface area (Å²) in [6.45, 7) is 1.88. The number of nitrogens with zero attached hydrogens (tertiary/aromatic N) is 1. The Morgan fingerprint density at radius 1 is 1.42 bits per heavy atom. The molecule has 0 fully saturated rings. The van der Waals surface area contributed by atoms with Crippen LogP contribution in [0.2, 0.25) is 0 Å². The highest BCUT2D eigenvalue weighted by Crippen LogP contribution is 2.29. The highest BCUT2D eigenvalue weighted by Gasteiger charge is 2.24. The lowest BCUT2D eigenvalue weighted by molar-refractivity contribution is 0.107. The van der Waals surface area contributed by atoms with Gasteiger partial charge in [-0.3, -0.25) is 4.79 Å². The second kappa shape index (κ2) is 2.42. The first kappa shape index (κ1) is 7.50. The molecule has 60 valence electrons. The number of fused-ring (bicyclic) bond motifs is 1. The van der Waals surface area contributed by atoms with E-state index in [1.165, 1.54) is 0 Å². The fraction of sp³-hybridized carbons (Fsp3) is 0.111. The molecule has 1 aliphatic rings. The van der Waals surface area contributed by atoms with E-state index >= 15 is 0 Å². The Morgan fingerprint density at radius 2 is 2.17 bits per heavy atom. The molecule has 0 aliphatic carbocycles. The van der Waals surface area contributed by atoms with Gasteiger partial charge in [-0.15, -0.1) is 0 Å². The number of hydrogen-bond acceptors (Lipinski definition) is 2. The highest BCUT2D eigenvalue weighted by atomic mass is 35.5. The van der Waals surface area contributed by atoms with Crippen molar-refractivity contribution in [2.45, 2.75) is 6.92 Å². The molecule has 12 heavy (non-hydrogen) atoms. The lowest BCUT2D eigenvalue weighted by Gasteiger charge is -1.98. The average Bonchev–Trinajstić information content (AvgIpc) is 2.29. The van der Waals surface area contributed by atoms with Crippen LogP contribution in [-0.2, 0) is 0 Å². The molecule has 0 atom stereocenters. The molecule has 0 spiro atoms. The lowest BCUT2D eigenvalue weighted by Crippen LogP contribution is -2.03. The maximum absolute atomic E-state index is 11.4. The van der Waals surface area contributed by atoms with E-state index < -0.39 is 0 Å². The van der Waals surface area contributed by atoms with Gasteiger partial charge in [-0.05, 0) is 18.6 Å². The SMILES string of the molecule is Cc1cccc2c1C(=O)C(Cl)=N2. The fourth-order valence-electron chi connectivity index (χ4n) is 1.30. The topological polar surface area (TPSA) is 29.4 Å². The van der Waals surface area contributed by atoms with Crippen molar-refractivity contribution in [1.29, 1.82) is 0 Å². The number of halogens is 1. The largest absolute Gasteiger partial charge is 0.286 e. The summed E-state index contributed by atoms with van der Waals surface area (Å²) in [6.07, 6.45) is 0. The molecule has 1 aromatic rings. The maximum Gasteiger partial charge on any atom is 0.225 e. The van der Waals surface area contributed by atoms with Crippen LogP contribution in [0.1, 0.15) is 15.9 Å². The van der Waals surface area contributed by atoms with Crippen molar-refractivity contribution in [2.75, 3.05) is 0 Å². The zero-order chi connectivity index (χ0) is 8.72. The first-order valence-corrected chi connectivity index (χ1v) is 3.96. The van der Waals surface area contributed by atoms with Crippen LogP contribution in [0.15, 0.2) is 23.2 Å². The Hall–Kier alpha value is -1.15. The minimum Gasteiger partial charge on any atom is -0.286 e.